The molecule has 252 valence electrons. The van der Waals surface area contributed by atoms with Gasteiger partial charge in [-0.3, -0.25) is 24.0 Å². The largest absolute Gasteiger partial charge is 0.349 e. The van der Waals surface area contributed by atoms with Crippen LogP contribution in [0, 0.1) is 22.2 Å². The molecule has 0 aromatic heterocycles. The van der Waals surface area contributed by atoms with Gasteiger partial charge in [0.05, 0.1) is 18.6 Å². The van der Waals surface area contributed by atoms with Crippen molar-refractivity contribution in [2.45, 2.75) is 167 Å². The summed E-state index contributed by atoms with van der Waals surface area (Å²) in [6.07, 6.45) is 1.68. The molecule has 0 aromatic carbocycles. The molecule has 0 radical (unpaired) electrons. The van der Waals surface area contributed by atoms with Crippen LogP contribution >= 0.6 is 0 Å². The van der Waals surface area contributed by atoms with Gasteiger partial charge in [0.1, 0.15) is 5.78 Å². The van der Waals surface area contributed by atoms with Crippen LogP contribution < -0.4 is 16.0 Å². The van der Waals surface area contributed by atoms with Gasteiger partial charge in [-0.05, 0) is 54.4 Å². The van der Waals surface area contributed by atoms with Crippen molar-refractivity contribution in [1.29, 1.82) is 0 Å². The Labute approximate surface area is 264 Å². The molecule has 0 rings (SSSR count). The summed E-state index contributed by atoms with van der Waals surface area (Å²) in [6, 6.07) is -0.611. The fraction of sp³-hybridized carbons (Fsp3) is 0.857. The highest BCUT2D eigenvalue weighted by Crippen LogP contribution is 2.23. The number of amides is 1. The lowest BCUT2D eigenvalue weighted by atomic mass is 9.81. The van der Waals surface area contributed by atoms with E-state index in [0.717, 1.165) is 0 Å². The van der Waals surface area contributed by atoms with E-state index in [-0.39, 0.29) is 76.5 Å². The van der Waals surface area contributed by atoms with E-state index in [2.05, 4.69) is 16.0 Å². The highest BCUT2D eigenvalue weighted by Gasteiger charge is 2.33. The van der Waals surface area contributed by atoms with Crippen LogP contribution in [0.15, 0.2) is 0 Å². The maximum atomic E-state index is 12.5. The molecule has 0 fully saturated rings. The summed E-state index contributed by atoms with van der Waals surface area (Å²) in [6.45, 7) is 32.9. The summed E-state index contributed by atoms with van der Waals surface area (Å²) in [4.78, 5) is 60.6. The average Bonchev–Trinajstić information content (AvgIpc) is 2.78. The predicted octanol–water partition coefficient (Wildman–Crippen LogP) is 6.23. The Morgan fingerprint density at radius 3 is 1.28 bits per heavy atom. The van der Waals surface area contributed by atoms with Gasteiger partial charge in [0.25, 0.3) is 0 Å². The van der Waals surface area contributed by atoms with Crippen LogP contribution in [0.2, 0.25) is 0 Å². The fourth-order valence-electron chi connectivity index (χ4n) is 3.98. The molecule has 43 heavy (non-hydrogen) atoms. The maximum absolute atomic E-state index is 12.5. The molecule has 0 saturated heterocycles. The van der Waals surface area contributed by atoms with Crippen molar-refractivity contribution in [2.24, 2.45) is 22.2 Å². The molecule has 0 heterocycles. The first-order valence-electron chi connectivity index (χ1n) is 15.8. The number of Topliss-reactive ketones (excluding diaryl/α,β-unsaturated/α-hetero) is 4. The molecule has 0 aliphatic carbocycles. The van der Waals surface area contributed by atoms with Crippen molar-refractivity contribution in [3.63, 3.8) is 0 Å². The third-order valence-corrected chi connectivity index (χ3v) is 6.62. The number of ketones is 4. The highest BCUT2D eigenvalue weighted by molar-refractivity contribution is 5.91. The lowest BCUT2D eigenvalue weighted by Crippen LogP contribution is -2.51. The van der Waals surface area contributed by atoms with Crippen molar-refractivity contribution in [2.75, 3.05) is 6.54 Å². The normalized spacial score (nSPS) is 14.4. The third-order valence-electron chi connectivity index (χ3n) is 6.62. The molecule has 0 aliphatic heterocycles. The highest BCUT2D eigenvalue weighted by atomic mass is 16.2. The number of hydrogen-bond acceptors (Lipinski definition) is 7. The van der Waals surface area contributed by atoms with Gasteiger partial charge in [-0.15, -0.1) is 0 Å². The number of nitrogens with one attached hydrogen (secondary N) is 3. The SMILES string of the molecule is CC(C)(C)NC(CCC(=O)C(C)(C)C)C(=O)C(C)(C)C.CC(C)C(=O)C(CCC(=O)NCC(=O)C(C)(C)C)NC(C)(C)C. The minimum Gasteiger partial charge on any atom is -0.349 e. The lowest BCUT2D eigenvalue weighted by molar-refractivity contribution is -0.130. The van der Waals surface area contributed by atoms with E-state index < -0.39 is 10.8 Å². The van der Waals surface area contributed by atoms with Crippen LogP contribution in [0.1, 0.15) is 143 Å². The Morgan fingerprint density at radius 2 is 0.930 bits per heavy atom. The summed E-state index contributed by atoms with van der Waals surface area (Å²) in [5.41, 5.74) is -1.54. The van der Waals surface area contributed by atoms with Gasteiger partial charge >= 0.3 is 0 Å². The molecular formula is C35H67N3O5. The van der Waals surface area contributed by atoms with Crippen LogP contribution in [0.3, 0.4) is 0 Å². The van der Waals surface area contributed by atoms with E-state index in [4.69, 9.17) is 0 Å². The molecule has 8 nitrogen and oxygen atoms in total. The van der Waals surface area contributed by atoms with Gasteiger partial charge in [-0.25, -0.2) is 0 Å². The van der Waals surface area contributed by atoms with Gasteiger partial charge in [0, 0.05) is 46.1 Å². The second-order valence-corrected chi connectivity index (χ2v) is 17.3. The summed E-state index contributed by atoms with van der Waals surface area (Å²) in [5, 5.41) is 9.30. The van der Waals surface area contributed by atoms with Crippen molar-refractivity contribution in [1.82, 2.24) is 16.0 Å². The molecule has 2 atom stereocenters. The standard InChI is InChI=1S/C18H34N2O3.C17H33NO2/c1-12(2)16(23)13(20-18(6,7)8)9-10-15(22)19-11-14(21)17(3,4)5;1-15(2,3)13(19)11-10-12(18-17(7,8)9)14(20)16(4,5)6/h12-13,20H,9-11H2,1-8H3,(H,19,22);12,18H,10-11H2,1-9H3. The molecule has 0 spiro atoms. The number of carbonyl (C=O) groups excluding carboxylic acids is 5. The van der Waals surface area contributed by atoms with Crippen molar-refractivity contribution >= 4 is 29.0 Å². The first-order chi connectivity index (χ1) is 18.9. The van der Waals surface area contributed by atoms with E-state index in [1.54, 1.807) is 0 Å². The van der Waals surface area contributed by atoms with Crippen LogP contribution in [-0.4, -0.2) is 58.7 Å². The van der Waals surface area contributed by atoms with Crippen LogP contribution in [0.4, 0.5) is 0 Å². The minimum absolute atomic E-state index is 0.00604. The van der Waals surface area contributed by atoms with Gasteiger partial charge in [-0.2, -0.15) is 0 Å². The van der Waals surface area contributed by atoms with E-state index in [0.29, 0.717) is 19.3 Å². The smallest absolute Gasteiger partial charge is 0.220 e. The van der Waals surface area contributed by atoms with Crippen molar-refractivity contribution in [3.8, 4) is 0 Å². The molecular weight excluding hydrogens is 542 g/mol. The summed E-state index contributed by atoms with van der Waals surface area (Å²) >= 11 is 0. The molecule has 8 heteroatoms. The van der Waals surface area contributed by atoms with Gasteiger partial charge in [-0.1, -0.05) is 76.2 Å². The monoisotopic (exact) mass is 610 g/mol. The Balaban J connectivity index is 0. The van der Waals surface area contributed by atoms with E-state index >= 15 is 0 Å². The average molecular weight is 610 g/mol. The zero-order valence-electron chi connectivity index (χ0n) is 30.8. The molecule has 0 saturated carbocycles. The second-order valence-electron chi connectivity index (χ2n) is 17.3. The second kappa shape index (κ2) is 17.0. The Morgan fingerprint density at radius 1 is 0.535 bits per heavy atom. The van der Waals surface area contributed by atoms with Crippen LogP contribution in [0.25, 0.3) is 0 Å². The minimum atomic E-state index is -0.461. The van der Waals surface area contributed by atoms with Crippen LogP contribution in [0.5, 0.6) is 0 Å². The summed E-state index contributed by atoms with van der Waals surface area (Å²) in [5.74, 6) is 0.210. The van der Waals surface area contributed by atoms with Crippen molar-refractivity contribution < 1.29 is 24.0 Å². The third kappa shape index (κ3) is 20.6. The number of rotatable bonds is 13. The van der Waals surface area contributed by atoms with Gasteiger partial charge in [0.2, 0.25) is 5.91 Å². The first-order valence-corrected chi connectivity index (χ1v) is 15.8. The van der Waals surface area contributed by atoms with Crippen molar-refractivity contribution in [3.05, 3.63) is 0 Å². The molecule has 2 unspecified atom stereocenters. The van der Waals surface area contributed by atoms with Gasteiger partial charge in [0.15, 0.2) is 17.3 Å². The maximum Gasteiger partial charge on any atom is 0.220 e. The van der Waals surface area contributed by atoms with E-state index in [1.165, 1.54) is 0 Å². The number of carbonyl (C=O) groups is 5. The lowest BCUT2D eigenvalue weighted by Gasteiger charge is -2.32. The predicted molar refractivity (Wildman–Crippen MR) is 178 cm³/mol. The molecule has 1 amide bonds. The molecule has 3 N–H and O–H groups in total. The zero-order valence-corrected chi connectivity index (χ0v) is 30.8. The number of hydrogen-bond donors (Lipinski definition) is 3. The quantitative estimate of drug-likeness (QED) is 0.226. The summed E-state index contributed by atoms with van der Waals surface area (Å²) < 4.78 is 0. The fourth-order valence-corrected chi connectivity index (χ4v) is 3.98. The topological polar surface area (TPSA) is 121 Å². The Kier molecular flexibility index (Phi) is 17.0. The van der Waals surface area contributed by atoms with E-state index in [9.17, 15) is 24.0 Å². The molecule has 0 bridgehead atoms. The van der Waals surface area contributed by atoms with Gasteiger partial charge < -0.3 is 16.0 Å². The molecule has 0 aromatic rings. The summed E-state index contributed by atoms with van der Waals surface area (Å²) in [7, 11) is 0. The molecule has 0 aliphatic rings. The Hall–Kier alpha value is -1.93. The Bertz CT molecular complexity index is 933. The van der Waals surface area contributed by atoms with E-state index in [1.807, 2.05) is 118 Å². The zero-order chi connectivity index (χ0) is 34.8. The van der Waals surface area contributed by atoms with Crippen LogP contribution in [-0.2, 0) is 24.0 Å². The first kappa shape index (κ1) is 43.2.